The van der Waals surface area contributed by atoms with Gasteiger partial charge in [-0.25, -0.2) is 0 Å². The number of hydrogen-bond donors (Lipinski definition) is 1. The molecule has 0 aliphatic rings. The molecule has 1 N–H and O–H groups in total. The second kappa shape index (κ2) is 19.7. The minimum absolute atomic E-state index is 0.00599. The average molecular weight is 359 g/mol. The molecular weight excluding hydrogens is 316 g/mol. The molecule has 0 aromatic rings. The molecule has 1 unspecified atom stereocenters. The first-order valence-electron chi connectivity index (χ1n) is 10.6. The molecule has 0 rings (SSSR count). The number of aliphatic hydroxyl groups is 1. The van der Waals surface area contributed by atoms with E-state index in [-0.39, 0.29) is 12.6 Å². The molecule has 0 bridgehead atoms. The summed E-state index contributed by atoms with van der Waals surface area (Å²) in [7, 11) is 0. The fourth-order valence-electron chi connectivity index (χ4n) is 3.10. The van der Waals surface area contributed by atoms with E-state index in [0.29, 0.717) is 32.2 Å². The van der Waals surface area contributed by atoms with Gasteiger partial charge in [-0.05, 0) is 18.8 Å². The van der Waals surface area contributed by atoms with Gasteiger partial charge in [-0.15, -0.1) is 0 Å². The number of carbonyl (C=O) groups excluding carboxylic acids is 1. The van der Waals surface area contributed by atoms with Crippen LogP contribution in [0, 0.1) is 5.92 Å². The third-order valence-corrected chi connectivity index (χ3v) is 4.61. The SMILES string of the molecule is CCCCCCCCC(CCCCCC)CC(=O)OCCOCCO. The molecule has 0 heterocycles. The highest BCUT2D eigenvalue weighted by Gasteiger charge is 2.14. The topological polar surface area (TPSA) is 55.8 Å². The minimum Gasteiger partial charge on any atom is -0.463 e. The van der Waals surface area contributed by atoms with Crippen LogP contribution in [-0.4, -0.2) is 37.5 Å². The fraction of sp³-hybridized carbons (Fsp3) is 0.952. The number of unbranched alkanes of at least 4 members (excludes halogenated alkanes) is 8. The Morgan fingerprint density at radius 2 is 1.36 bits per heavy atom. The largest absolute Gasteiger partial charge is 0.463 e. The quantitative estimate of drug-likeness (QED) is 0.252. The lowest BCUT2D eigenvalue weighted by molar-refractivity contribution is -0.146. The molecule has 4 heteroatoms. The van der Waals surface area contributed by atoms with Crippen LogP contribution in [0.4, 0.5) is 0 Å². The van der Waals surface area contributed by atoms with Crippen molar-refractivity contribution in [2.24, 2.45) is 5.92 Å². The van der Waals surface area contributed by atoms with E-state index in [1.165, 1.54) is 64.2 Å². The smallest absolute Gasteiger partial charge is 0.306 e. The molecule has 150 valence electrons. The van der Waals surface area contributed by atoms with Gasteiger partial charge >= 0.3 is 5.97 Å². The zero-order chi connectivity index (χ0) is 18.6. The normalized spacial score (nSPS) is 12.3. The maximum Gasteiger partial charge on any atom is 0.306 e. The van der Waals surface area contributed by atoms with E-state index in [0.717, 1.165) is 12.8 Å². The predicted octanol–water partition coefficient (Wildman–Crippen LogP) is 5.27. The highest BCUT2D eigenvalue weighted by Crippen LogP contribution is 2.22. The van der Waals surface area contributed by atoms with Gasteiger partial charge in [0.05, 0.1) is 19.8 Å². The molecule has 0 aliphatic heterocycles. The van der Waals surface area contributed by atoms with Crippen LogP contribution in [-0.2, 0) is 14.3 Å². The van der Waals surface area contributed by atoms with Crippen molar-refractivity contribution in [2.45, 2.75) is 97.3 Å². The molecule has 4 nitrogen and oxygen atoms in total. The monoisotopic (exact) mass is 358 g/mol. The second-order valence-corrected chi connectivity index (χ2v) is 7.03. The number of carbonyl (C=O) groups is 1. The van der Waals surface area contributed by atoms with Gasteiger partial charge in [0.1, 0.15) is 6.61 Å². The Hall–Kier alpha value is -0.610. The summed E-state index contributed by atoms with van der Waals surface area (Å²) in [6.45, 7) is 5.43. The number of ether oxygens (including phenoxy) is 2. The zero-order valence-corrected chi connectivity index (χ0v) is 16.8. The molecule has 25 heavy (non-hydrogen) atoms. The summed E-state index contributed by atoms with van der Waals surface area (Å²) < 4.78 is 10.4. The summed E-state index contributed by atoms with van der Waals surface area (Å²) in [6, 6.07) is 0. The number of hydrogen-bond acceptors (Lipinski definition) is 4. The lowest BCUT2D eigenvalue weighted by atomic mass is 9.91. The van der Waals surface area contributed by atoms with Crippen molar-refractivity contribution in [3.8, 4) is 0 Å². The lowest BCUT2D eigenvalue weighted by Crippen LogP contribution is -2.15. The van der Waals surface area contributed by atoms with Crippen LogP contribution in [0.3, 0.4) is 0 Å². The van der Waals surface area contributed by atoms with Crippen molar-refractivity contribution in [1.82, 2.24) is 0 Å². The number of rotatable bonds is 19. The number of aliphatic hydroxyl groups excluding tert-OH is 1. The summed E-state index contributed by atoms with van der Waals surface area (Å²) in [5, 5.41) is 8.63. The Bertz CT molecular complexity index is 281. The van der Waals surface area contributed by atoms with Crippen molar-refractivity contribution in [3.05, 3.63) is 0 Å². The molecule has 0 radical (unpaired) electrons. The van der Waals surface area contributed by atoms with Crippen molar-refractivity contribution in [3.63, 3.8) is 0 Å². The highest BCUT2D eigenvalue weighted by atomic mass is 16.6. The van der Waals surface area contributed by atoms with Crippen molar-refractivity contribution in [1.29, 1.82) is 0 Å². The van der Waals surface area contributed by atoms with E-state index >= 15 is 0 Å². The fourth-order valence-corrected chi connectivity index (χ4v) is 3.10. The Balaban J connectivity index is 3.95. The molecule has 0 aromatic heterocycles. The molecule has 0 fully saturated rings. The maximum atomic E-state index is 12.0. The van der Waals surface area contributed by atoms with Crippen molar-refractivity contribution >= 4 is 5.97 Å². The van der Waals surface area contributed by atoms with Crippen LogP contribution in [0.1, 0.15) is 97.3 Å². The summed E-state index contributed by atoms with van der Waals surface area (Å²) in [6.07, 6.45) is 15.7. The van der Waals surface area contributed by atoms with Crippen LogP contribution in [0.5, 0.6) is 0 Å². The Kier molecular flexibility index (Phi) is 19.2. The summed E-state index contributed by atoms with van der Waals surface area (Å²) in [4.78, 5) is 12.0. The van der Waals surface area contributed by atoms with Gasteiger partial charge in [0, 0.05) is 6.42 Å². The van der Waals surface area contributed by atoms with Gasteiger partial charge in [0.15, 0.2) is 0 Å². The maximum absolute atomic E-state index is 12.0. The Labute approximate surface area is 155 Å². The van der Waals surface area contributed by atoms with Gasteiger partial charge in [0.25, 0.3) is 0 Å². The summed E-state index contributed by atoms with van der Waals surface area (Å²) in [5.74, 6) is 0.368. The van der Waals surface area contributed by atoms with Crippen LogP contribution < -0.4 is 0 Å². The van der Waals surface area contributed by atoms with E-state index in [1.54, 1.807) is 0 Å². The molecule has 0 saturated heterocycles. The van der Waals surface area contributed by atoms with Crippen LogP contribution in [0.15, 0.2) is 0 Å². The standard InChI is InChI=1S/C21H42O4/c1-3-5-7-9-10-12-14-20(13-11-8-6-4-2)19-21(23)25-18-17-24-16-15-22/h20,22H,3-19H2,1-2H3. The van der Waals surface area contributed by atoms with Crippen molar-refractivity contribution in [2.75, 3.05) is 26.4 Å². The molecule has 0 saturated carbocycles. The predicted molar refractivity (Wildman–Crippen MR) is 104 cm³/mol. The molecule has 0 spiro atoms. The zero-order valence-electron chi connectivity index (χ0n) is 16.8. The molecular formula is C21H42O4. The summed E-state index contributed by atoms with van der Waals surface area (Å²) >= 11 is 0. The van der Waals surface area contributed by atoms with Crippen molar-refractivity contribution < 1.29 is 19.4 Å². The van der Waals surface area contributed by atoms with E-state index in [1.807, 2.05) is 0 Å². The first-order chi connectivity index (χ1) is 12.2. The molecule has 1 atom stereocenters. The highest BCUT2D eigenvalue weighted by molar-refractivity contribution is 5.69. The first kappa shape index (κ1) is 24.4. The molecule has 0 amide bonds. The second-order valence-electron chi connectivity index (χ2n) is 7.03. The number of esters is 1. The van der Waals surface area contributed by atoms with Crippen LogP contribution in [0.25, 0.3) is 0 Å². The van der Waals surface area contributed by atoms with Crippen LogP contribution in [0.2, 0.25) is 0 Å². The third kappa shape index (κ3) is 18.0. The molecule has 0 aliphatic carbocycles. The Morgan fingerprint density at radius 3 is 1.96 bits per heavy atom. The van der Waals surface area contributed by atoms with Gasteiger partial charge in [-0.1, -0.05) is 78.1 Å². The van der Waals surface area contributed by atoms with E-state index < -0.39 is 0 Å². The van der Waals surface area contributed by atoms with E-state index in [9.17, 15) is 4.79 Å². The Morgan fingerprint density at radius 1 is 0.800 bits per heavy atom. The van der Waals surface area contributed by atoms with Gasteiger partial charge < -0.3 is 14.6 Å². The van der Waals surface area contributed by atoms with Gasteiger partial charge in [-0.2, -0.15) is 0 Å². The van der Waals surface area contributed by atoms with E-state index in [2.05, 4.69) is 13.8 Å². The van der Waals surface area contributed by atoms with E-state index in [4.69, 9.17) is 14.6 Å². The minimum atomic E-state index is -0.0981. The molecule has 0 aromatic carbocycles. The summed E-state index contributed by atoms with van der Waals surface area (Å²) in [5.41, 5.74) is 0. The van der Waals surface area contributed by atoms with Gasteiger partial charge in [-0.3, -0.25) is 4.79 Å². The lowest BCUT2D eigenvalue weighted by Gasteiger charge is -2.16. The first-order valence-corrected chi connectivity index (χ1v) is 10.6. The third-order valence-electron chi connectivity index (χ3n) is 4.61. The average Bonchev–Trinajstić information content (AvgIpc) is 2.61. The van der Waals surface area contributed by atoms with Crippen LogP contribution >= 0.6 is 0 Å². The van der Waals surface area contributed by atoms with Gasteiger partial charge in [0.2, 0.25) is 0 Å².